The summed E-state index contributed by atoms with van der Waals surface area (Å²) in [6.07, 6.45) is 0. The Morgan fingerprint density at radius 3 is 2.89 bits per heavy atom. The molecule has 0 aliphatic carbocycles. The average molecular weight is 145 g/mol. The number of hydrogen-bond acceptors (Lipinski definition) is 2. The summed E-state index contributed by atoms with van der Waals surface area (Å²) >= 11 is 2.08. The number of nitrogens with one attached hydrogen (secondary N) is 1. The molecule has 0 aromatic rings. The van der Waals surface area contributed by atoms with Crippen LogP contribution in [-0.4, -0.2) is 24.1 Å². The van der Waals surface area contributed by atoms with E-state index in [0.717, 1.165) is 11.2 Å². The van der Waals surface area contributed by atoms with Gasteiger partial charge in [-0.25, -0.2) is 0 Å². The van der Waals surface area contributed by atoms with Gasteiger partial charge >= 0.3 is 0 Å². The quantitative estimate of drug-likeness (QED) is 0.552. The van der Waals surface area contributed by atoms with Gasteiger partial charge in [0.2, 0.25) is 0 Å². The molecule has 54 valence electrons. The van der Waals surface area contributed by atoms with E-state index in [-0.39, 0.29) is 0 Å². The van der Waals surface area contributed by atoms with Crippen molar-refractivity contribution in [3.8, 4) is 0 Å². The van der Waals surface area contributed by atoms with Crippen LogP contribution in [0.3, 0.4) is 0 Å². The zero-order valence-electron chi connectivity index (χ0n) is 6.18. The molecule has 1 aliphatic heterocycles. The maximum Gasteiger partial charge on any atom is 0.0144 e. The first-order valence-electron chi connectivity index (χ1n) is 3.61. The number of thioether (sulfide) groups is 1. The molecule has 1 heterocycles. The lowest BCUT2D eigenvalue weighted by molar-refractivity contribution is 0.575. The highest BCUT2D eigenvalue weighted by molar-refractivity contribution is 7.99. The molecule has 0 spiro atoms. The van der Waals surface area contributed by atoms with E-state index in [1.165, 1.54) is 18.8 Å². The van der Waals surface area contributed by atoms with Crippen molar-refractivity contribution >= 4 is 11.8 Å². The second kappa shape index (κ2) is 3.47. The van der Waals surface area contributed by atoms with Crippen molar-refractivity contribution in [1.82, 2.24) is 5.32 Å². The van der Waals surface area contributed by atoms with Crippen molar-refractivity contribution in [2.24, 2.45) is 5.92 Å². The minimum atomic E-state index is 0.815. The highest BCUT2D eigenvalue weighted by Gasteiger charge is 2.10. The zero-order chi connectivity index (χ0) is 6.69. The maximum atomic E-state index is 3.43. The summed E-state index contributed by atoms with van der Waals surface area (Å²) in [6, 6.07) is 0. The fourth-order valence-electron chi connectivity index (χ4n) is 0.979. The lowest BCUT2D eigenvalue weighted by atomic mass is 10.2. The van der Waals surface area contributed by atoms with Crippen LogP contribution in [0.25, 0.3) is 0 Å². The lowest BCUT2D eigenvalue weighted by Gasteiger charge is -2.04. The van der Waals surface area contributed by atoms with E-state index in [1.54, 1.807) is 0 Å². The van der Waals surface area contributed by atoms with E-state index >= 15 is 0 Å². The highest BCUT2D eigenvalue weighted by atomic mass is 32.2. The fraction of sp³-hybridized carbons (Fsp3) is 1.00. The molecule has 1 rings (SSSR count). The van der Waals surface area contributed by atoms with Crippen LogP contribution in [0.15, 0.2) is 0 Å². The molecule has 0 bridgehead atoms. The van der Waals surface area contributed by atoms with Gasteiger partial charge < -0.3 is 5.32 Å². The smallest absolute Gasteiger partial charge is 0.0144 e. The molecule has 0 radical (unpaired) electrons. The first-order chi connectivity index (χ1) is 4.29. The minimum absolute atomic E-state index is 0.815. The molecule has 9 heavy (non-hydrogen) atoms. The normalized spacial score (nSPS) is 38.0. The fourth-order valence-corrected chi connectivity index (χ4v) is 1.99. The SMILES string of the molecule is CC1CNCC(C)SC1. The Morgan fingerprint density at radius 1 is 1.33 bits per heavy atom. The van der Waals surface area contributed by atoms with Crippen molar-refractivity contribution < 1.29 is 0 Å². The highest BCUT2D eigenvalue weighted by Crippen LogP contribution is 2.16. The molecule has 1 saturated heterocycles. The lowest BCUT2D eigenvalue weighted by Crippen LogP contribution is -2.23. The van der Waals surface area contributed by atoms with E-state index in [4.69, 9.17) is 0 Å². The molecule has 0 aromatic heterocycles. The third-order valence-electron chi connectivity index (χ3n) is 1.59. The van der Waals surface area contributed by atoms with Crippen molar-refractivity contribution in [1.29, 1.82) is 0 Å². The Balaban J connectivity index is 2.25. The second-order valence-corrected chi connectivity index (χ2v) is 4.38. The monoisotopic (exact) mass is 145 g/mol. The van der Waals surface area contributed by atoms with Crippen LogP contribution in [0.4, 0.5) is 0 Å². The topological polar surface area (TPSA) is 12.0 Å². The van der Waals surface area contributed by atoms with Gasteiger partial charge in [0, 0.05) is 11.8 Å². The van der Waals surface area contributed by atoms with Gasteiger partial charge in [0.05, 0.1) is 0 Å². The summed E-state index contributed by atoms with van der Waals surface area (Å²) in [5, 5.41) is 4.24. The molecule has 1 aliphatic rings. The van der Waals surface area contributed by atoms with E-state index in [9.17, 15) is 0 Å². The van der Waals surface area contributed by atoms with Gasteiger partial charge in [-0.1, -0.05) is 13.8 Å². The Labute approximate surface area is 61.6 Å². The van der Waals surface area contributed by atoms with Gasteiger partial charge in [-0.05, 0) is 18.2 Å². The number of hydrogen-bond donors (Lipinski definition) is 1. The van der Waals surface area contributed by atoms with Crippen LogP contribution in [0.1, 0.15) is 13.8 Å². The van der Waals surface area contributed by atoms with Gasteiger partial charge in [0.15, 0.2) is 0 Å². The van der Waals surface area contributed by atoms with Gasteiger partial charge in [-0.15, -0.1) is 0 Å². The molecule has 0 saturated carbocycles. The van der Waals surface area contributed by atoms with Crippen molar-refractivity contribution in [2.75, 3.05) is 18.8 Å². The summed E-state index contributed by atoms with van der Waals surface area (Å²) in [6.45, 7) is 6.99. The largest absolute Gasteiger partial charge is 0.315 e. The summed E-state index contributed by atoms with van der Waals surface area (Å²) in [4.78, 5) is 0. The van der Waals surface area contributed by atoms with Gasteiger partial charge in [0.1, 0.15) is 0 Å². The summed E-state index contributed by atoms with van der Waals surface area (Å²) in [5.74, 6) is 2.19. The third kappa shape index (κ3) is 2.59. The van der Waals surface area contributed by atoms with Crippen LogP contribution in [0, 0.1) is 5.92 Å². The van der Waals surface area contributed by atoms with E-state index in [0.29, 0.717) is 0 Å². The van der Waals surface area contributed by atoms with Crippen molar-refractivity contribution in [3.05, 3.63) is 0 Å². The zero-order valence-corrected chi connectivity index (χ0v) is 7.00. The van der Waals surface area contributed by atoms with Crippen LogP contribution in [0.2, 0.25) is 0 Å². The molecule has 1 N–H and O–H groups in total. The Bertz CT molecular complexity index is 75.0. The predicted octanol–water partition coefficient (Wildman–Crippen LogP) is 1.35. The Kier molecular flexibility index (Phi) is 2.86. The predicted molar refractivity (Wildman–Crippen MR) is 44.0 cm³/mol. The molecule has 1 fully saturated rings. The molecule has 0 aromatic carbocycles. The van der Waals surface area contributed by atoms with E-state index in [2.05, 4.69) is 30.9 Å². The third-order valence-corrected chi connectivity index (χ3v) is 3.09. The van der Waals surface area contributed by atoms with Crippen LogP contribution in [-0.2, 0) is 0 Å². The maximum absolute atomic E-state index is 3.43. The summed E-state index contributed by atoms with van der Waals surface area (Å²) < 4.78 is 0. The van der Waals surface area contributed by atoms with Crippen LogP contribution >= 0.6 is 11.8 Å². The first kappa shape index (κ1) is 7.42. The standard InChI is InChI=1S/C7H15NS/c1-6-3-8-4-7(2)9-5-6/h6-8H,3-5H2,1-2H3. The molecule has 2 atom stereocenters. The van der Waals surface area contributed by atoms with Gasteiger partial charge in [-0.3, -0.25) is 0 Å². The van der Waals surface area contributed by atoms with E-state index in [1.807, 2.05) is 0 Å². The Morgan fingerprint density at radius 2 is 2.11 bits per heavy atom. The minimum Gasteiger partial charge on any atom is -0.315 e. The van der Waals surface area contributed by atoms with E-state index < -0.39 is 0 Å². The second-order valence-electron chi connectivity index (χ2n) is 2.91. The molecule has 2 unspecified atom stereocenters. The summed E-state index contributed by atoms with van der Waals surface area (Å²) in [7, 11) is 0. The van der Waals surface area contributed by atoms with Crippen molar-refractivity contribution in [2.45, 2.75) is 19.1 Å². The Hall–Kier alpha value is 0.310. The van der Waals surface area contributed by atoms with Crippen molar-refractivity contribution in [3.63, 3.8) is 0 Å². The molecule has 1 nitrogen and oxygen atoms in total. The molecular formula is C7H15NS. The van der Waals surface area contributed by atoms with Crippen LogP contribution < -0.4 is 5.32 Å². The molecule has 0 amide bonds. The van der Waals surface area contributed by atoms with Gasteiger partial charge in [0.25, 0.3) is 0 Å². The van der Waals surface area contributed by atoms with Crippen LogP contribution in [0.5, 0.6) is 0 Å². The summed E-state index contributed by atoms with van der Waals surface area (Å²) in [5.41, 5.74) is 0. The average Bonchev–Trinajstić information content (AvgIpc) is 1.97. The number of rotatable bonds is 0. The molecular weight excluding hydrogens is 130 g/mol. The molecule has 2 heteroatoms. The van der Waals surface area contributed by atoms with Gasteiger partial charge in [-0.2, -0.15) is 11.8 Å². The first-order valence-corrected chi connectivity index (χ1v) is 4.66.